The summed E-state index contributed by atoms with van der Waals surface area (Å²) >= 11 is 1.50. The predicted molar refractivity (Wildman–Crippen MR) is 112 cm³/mol. The molecule has 0 atom stereocenters. The molecule has 0 saturated carbocycles. The Morgan fingerprint density at radius 3 is 2.61 bits per heavy atom. The molecule has 0 aliphatic carbocycles. The molecule has 2 rings (SSSR count). The number of carbonyl (C=O) groups excluding carboxylic acids is 2. The number of aryl methyl sites for hydroxylation is 2. The van der Waals surface area contributed by atoms with Crippen molar-refractivity contribution in [1.82, 2.24) is 10.3 Å². The summed E-state index contributed by atoms with van der Waals surface area (Å²) in [6, 6.07) is 9.84. The molecule has 1 heterocycles. The highest BCUT2D eigenvalue weighted by Gasteiger charge is 2.13. The second-order valence-electron chi connectivity index (χ2n) is 6.70. The van der Waals surface area contributed by atoms with Crippen LogP contribution in [0.15, 0.2) is 46.5 Å². The Labute approximate surface area is 171 Å². The minimum absolute atomic E-state index is 0.103. The number of carbonyl (C=O) groups is 2. The number of aromatic nitrogens is 1. The van der Waals surface area contributed by atoms with Gasteiger partial charge in [-0.2, -0.15) is 0 Å². The van der Waals surface area contributed by atoms with Crippen LogP contribution in [0.1, 0.15) is 53.6 Å². The summed E-state index contributed by atoms with van der Waals surface area (Å²) in [6.45, 7) is 4.77. The number of nitrogens with one attached hydrogen (secondary N) is 1. The molecule has 5 nitrogen and oxygen atoms in total. The third-order valence-corrected chi connectivity index (χ3v) is 5.54. The van der Waals surface area contributed by atoms with Crippen molar-refractivity contribution in [1.29, 1.82) is 0 Å². The van der Waals surface area contributed by atoms with Crippen LogP contribution in [-0.4, -0.2) is 30.5 Å². The maximum Gasteiger partial charge on any atom is 0.305 e. The van der Waals surface area contributed by atoms with Crippen molar-refractivity contribution in [2.75, 3.05) is 13.7 Å². The summed E-state index contributed by atoms with van der Waals surface area (Å²) in [5.74, 6) is -0.271. The van der Waals surface area contributed by atoms with Gasteiger partial charge in [-0.25, -0.2) is 4.98 Å². The van der Waals surface area contributed by atoms with Crippen molar-refractivity contribution in [2.24, 2.45) is 0 Å². The van der Waals surface area contributed by atoms with E-state index in [9.17, 15) is 9.59 Å². The van der Waals surface area contributed by atoms with E-state index >= 15 is 0 Å². The molecule has 0 aliphatic rings. The lowest BCUT2D eigenvalue weighted by atomic mass is 10.1. The molecule has 0 bridgehead atoms. The number of unbranched alkanes of at least 4 members (excludes halogenated alkanes) is 3. The van der Waals surface area contributed by atoms with E-state index in [1.165, 1.54) is 30.0 Å². The van der Waals surface area contributed by atoms with Gasteiger partial charge in [-0.3, -0.25) is 9.59 Å². The number of amides is 1. The summed E-state index contributed by atoms with van der Waals surface area (Å²) in [7, 11) is 1.41. The number of nitrogens with zero attached hydrogens (tertiary/aromatic N) is 1. The summed E-state index contributed by atoms with van der Waals surface area (Å²) in [4.78, 5) is 29.1. The Bertz CT molecular complexity index is 808. The van der Waals surface area contributed by atoms with Crippen LogP contribution >= 0.6 is 11.8 Å². The molecule has 0 spiro atoms. The molecular formula is C22H28N2O3S. The molecule has 0 aliphatic heterocycles. The van der Waals surface area contributed by atoms with Gasteiger partial charge < -0.3 is 10.1 Å². The monoisotopic (exact) mass is 400 g/mol. The van der Waals surface area contributed by atoms with E-state index in [1.807, 2.05) is 6.07 Å². The van der Waals surface area contributed by atoms with E-state index in [2.05, 4.69) is 47.1 Å². The molecule has 0 saturated heterocycles. The van der Waals surface area contributed by atoms with E-state index in [4.69, 9.17) is 0 Å². The molecule has 1 amide bonds. The fraction of sp³-hybridized carbons (Fsp3) is 0.409. The normalized spacial score (nSPS) is 10.5. The molecule has 2 aromatic rings. The number of rotatable bonds is 10. The average Bonchev–Trinajstić information content (AvgIpc) is 2.70. The highest BCUT2D eigenvalue weighted by Crippen LogP contribution is 2.29. The predicted octanol–water partition coefficient (Wildman–Crippen LogP) is 4.70. The van der Waals surface area contributed by atoms with Crippen molar-refractivity contribution in [2.45, 2.75) is 55.9 Å². The lowest BCUT2D eigenvalue weighted by Gasteiger charge is -2.10. The Morgan fingerprint density at radius 1 is 1.07 bits per heavy atom. The van der Waals surface area contributed by atoms with Crippen LogP contribution in [0.3, 0.4) is 0 Å². The SMILES string of the molecule is COC(=O)CCCCCCNC(=O)c1cccnc1Sc1ccc(C)c(C)c1. The van der Waals surface area contributed by atoms with Crippen LogP contribution < -0.4 is 5.32 Å². The first kappa shape index (κ1) is 22.0. The number of benzene rings is 1. The summed E-state index contributed by atoms with van der Waals surface area (Å²) in [5, 5.41) is 3.68. The molecule has 0 radical (unpaired) electrons. The van der Waals surface area contributed by atoms with Gasteiger partial charge in [-0.05, 0) is 62.1 Å². The van der Waals surface area contributed by atoms with Crippen molar-refractivity contribution < 1.29 is 14.3 Å². The molecule has 0 fully saturated rings. The largest absolute Gasteiger partial charge is 0.469 e. The van der Waals surface area contributed by atoms with Crippen LogP contribution in [0.4, 0.5) is 0 Å². The number of pyridine rings is 1. The standard InChI is InChI=1S/C22H28N2O3S/c1-16-11-12-18(15-17(16)2)28-22-19(9-8-14-24-22)21(26)23-13-7-5-4-6-10-20(25)27-3/h8-9,11-12,14-15H,4-7,10,13H2,1-3H3,(H,23,26). The topological polar surface area (TPSA) is 68.3 Å². The van der Waals surface area contributed by atoms with E-state index < -0.39 is 0 Å². The van der Waals surface area contributed by atoms with Gasteiger partial charge in [0.05, 0.1) is 12.7 Å². The zero-order valence-corrected chi connectivity index (χ0v) is 17.6. The van der Waals surface area contributed by atoms with Gasteiger partial charge in [0.15, 0.2) is 0 Å². The number of esters is 1. The summed E-state index contributed by atoms with van der Waals surface area (Å²) in [5.41, 5.74) is 3.06. The van der Waals surface area contributed by atoms with E-state index in [0.717, 1.165) is 30.6 Å². The van der Waals surface area contributed by atoms with Gasteiger partial charge in [0.2, 0.25) is 0 Å². The molecule has 150 valence electrons. The van der Waals surface area contributed by atoms with Gasteiger partial charge >= 0.3 is 5.97 Å². The van der Waals surface area contributed by atoms with Crippen molar-refractivity contribution in [3.8, 4) is 0 Å². The first-order chi connectivity index (χ1) is 13.5. The number of methoxy groups -OCH3 is 1. The zero-order chi connectivity index (χ0) is 20.4. The Hall–Kier alpha value is -2.34. The first-order valence-electron chi connectivity index (χ1n) is 9.56. The van der Waals surface area contributed by atoms with Crippen molar-refractivity contribution in [3.63, 3.8) is 0 Å². The average molecular weight is 401 g/mol. The lowest BCUT2D eigenvalue weighted by Crippen LogP contribution is -2.25. The molecule has 1 aromatic carbocycles. The van der Waals surface area contributed by atoms with Crippen LogP contribution in [-0.2, 0) is 9.53 Å². The first-order valence-corrected chi connectivity index (χ1v) is 10.4. The maximum atomic E-state index is 12.6. The maximum absolute atomic E-state index is 12.6. The number of ether oxygens (including phenoxy) is 1. The minimum Gasteiger partial charge on any atom is -0.469 e. The molecule has 28 heavy (non-hydrogen) atoms. The van der Waals surface area contributed by atoms with E-state index in [1.54, 1.807) is 12.3 Å². The smallest absolute Gasteiger partial charge is 0.305 e. The van der Waals surface area contributed by atoms with Gasteiger partial charge in [0, 0.05) is 24.1 Å². The Morgan fingerprint density at radius 2 is 1.86 bits per heavy atom. The summed E-state index contributed by atoms with van der Waals surface area (Å²) < 4.78 is 4.62. The van der Waals surface area contributed by atoms with Gasteiger partial charge in [-0.15, -0.1) is 0 Å². The van der Waals surface area contributed by atoms with Gasteiger partial charge in [0.25, 0.3) is 5.91 Å². The third kappa shape index (κ3) is 7.00. The minimum atomic E-state index is -0.168. The zero-order valence-electron chi connectivity index (χ0n) is 16.8. The highest BCUT2D eigenvalue weighted by atomic mass is 32.2. The second-order valence-corrected chi connectivity index (χ2v) is 7.76. The quantitative estimate of drug-likeness (QED) is 0.462. The van der Waals surface area contributed by atoms with Crippen molar-refractivity contribution >= 4 is 23.6 Å². The van der Waals surface area contributed by atoms with Gasteiger partial charge in [0.1, 0.15) is 5.03 Å². The molecular weight excluding hydrogens is 372 g/mol. The third-order valence-electron chi connectivity index (χ3n) is 4.53. The van der Waals surface area contributed by atoms with Gasteiger partial charge in [-0.1, -0.05) is 30.7 Å². The molecule has 1 N–H and O–H groups in total. The van der Waals surface area contributed by atoms with Crippen molar-refractivity contribution in [3.05, 3.63) is 53.2 Å². The van der Waals surface area contributed by atoms with E-state index in [-0.39, 0.29) is 11.9 Å². The number of hydrogen-bond acceptors (Lipinski definition) is 5. The van der Waals surface area contributed by atoms with Crippen LogP contribution in [0.25, 0.3) is 0 Å². The van der Waals surface area contributed by atoms with E-state index in [0.29, 0.717) is 23.6 Å². The summed E-state index contributed by atoms with van der Waals surface area (Å²) in [6.07, 6.45) is 5.78. The number of hydrogen-bond donors (Lipinski definition) is 1. The molecule has 6 heteroatoms. The van der Waals surface area contributed by atoms with Crippen LogP contribution in [0.5, 0.6) is 0 Å². The Kier molecular flexibility index (Phi) is 9.01. The lowest BCUT2D eigenvalue weighted by molar-refractivity contribution is -0.140. The molecule has 0 unspecified atom stereocenters. The molecule has 1 aromatic heterocycles. The fourth-order valence-corrected chi connectivity index (χ4v) is 3.66. The van der Waals surface area contributed by atoms with Crippen LogP contribution in [0, 0.1) is 13.8 Å². The second kappa shape index (κ2) is 11.5. The fourth-order valence-electron chi connectivity index (χ4n) is 2.68. The Balaban J connectivity index is 1.83. The van der Waals surface area contributed by atoms with Crippen LogP contribution in [0.2, 0.25) is 0 Å². The highest BCUT2D eigenvalue weighted by molar-refractivity contribution is 7.99.